The number of likely N-dealkylation sites (tertiary alicyclic amines) is 1. The normalized spacial score (nSPS) is 20.6. The van der Waals surface area contributed by atoms with Crippen molar-refractivity contribution in [3.05, 3.63) is 30.1 Å². The van der Waals surface area contributed by atoms with Gasteiger partial charge in [0, 0.05) is 38.8 Å². The molecule has 2 aromatic heterocycles. The van der Waals surface area contributed by atoms with Crippen molar-refractivity contribution in [2.75, 3.05) is 64.3 Å². The Labute approximate surface area is 172 Å². The summed E-state index contributed by atoms with van der Waals surface area (Å²) in [6, 6.07) is 4.62. The third-order valence-corrected chi connectivity index (χ3v) is 5.93. The SMILES string of the molecule is CN1CCN(C2CCN(C/C=C/c3ccc(-n4nc(N)nc4N)cn3)CC2)CC1. The van der Waals surface area contributed by atoms with Gasteiger partial charge < -0.3 is 16.4 Å². The van der Waals surface area contributed by atoms with Crippen LogP contribution >= 0.6 is 0 Å². The average Bonchev–Trinajstić information content (AvgIpc) is 3.08. The Morgan fingerprint density at radius 1 is 1.07 bits per heavy atom. The van der Waals surface area contributed by atoms with Gasteiger partial charge in [-0.2, -0.15) is 9.67 Å². The standard InChI is InChI=1S/C20H31N9/c1-26-11-13-28(14-12-26)17-6-9-27(10-7-17)8-2-3-16-4-5-18(15-23-16)29-20(22)24-19(21)25-29/h2-5,15,17H,6-14H2,1H3,(H4,21,22,24,25)/b3-2+. The molecule has 4 rings (SSSR count). The first kappa shape index (κ1) is 19.8. The number of aromatic nitrogens is 4. The average molecular weight is 398 g/mol. The molecule has 0 bridgehead atoms. The lowest BCUT2D eigenvalue weighted by Gasteiger charge is -2.41. The summed E-state index contributed by atoms with van der Waals surface area (Å²) in [6.45, 7) is 8.13. The lowest BCUT2D eigenvalue weighted by molar-refractivity contribution is 0.0709. The fraction of sp³-hybridized carbons (Fsp3) is 0.550. The molecular formula is C20H31N9. The minimum absolute atomic E-state index is 0.155. The number of nitrogens with two attached hydrogens (primary N) is 2. The molecule has 2 saturated heterocycles. The van der Waals surface area contributed by atoms with Crippen LogP contribution in [0.25, 0.3) is 11.8 Å². The summed E-state index contributed by atoms with van der Waals surface area (Å²) in [4.78, 5) is 16.0. The van der Waals surface area contributed by atoms with Crippen molar-refractivity contribution in [1.82, 2.24) is 34.4 Å². The zero-order valence-electron chi connectivity index (χ0n) is 17.1. The number of hydrogen-bond donors (Lipinski definition) is 2. The third-order valence-electron chi connectivity index (χ3n) is 5.93. The van der Waals surface area contributed by atoms with Gasteiger partial charge >= 0.3 is 0 Å². The number of hydrogen-bond acceptors (Lipinski definition) is 8. The van der Waals surface area contributed by atoms with Crippen molar-refractivity contribution in [2.45, 2.75) is 18.9 Å². The van der Waals surface area contributed by atoms with Gasteiger partial charge in [0.15, 0.2) is 0 Å². The molecule has 9 heteroatoms. The van der Waals surface area contributed by atoms with Crippen molar-refractivity contribution in [3.8, 4) is 5.69 Å². The van der Waals surface area contributed by atoms with Crippen molar-refractivity contribution < 1.29 is 0 Å². The molecule has 9 nitrogen and oxygen atoms in total. The van der Waals surface area contributed by atoms with Crippen molar-refractivity contribution in [1.29, 1.82) is 0 Å². The molecule has 0 atom stereocenters. The van der Waals surface area contributed by atoms with Crippen LogP contribution in [-0.4, -0.2) is 93.4 Å². The number of nitrogens with zero attached hydrogens (tertiary/aromatic N) is 7. The Bertz CT molecular complexity index is 813. The van der Waals surface area contributed by atoms with E-state index in [9.17, 15) is 0 Å². The molecule has 156 valence electrons. The molecule has 4 heterocycles. The van der Waals surface area contributed by atoms with Crippen LogP contribution in [0.1, 0.15) is 18.5 Å². The largest absolute Gasteiger partial charge is 0.368 e. The van der Waals surface area contributed by atoms with E-state index in [0.717, 1.165) is 24.0 Å². The third kappa shape index (κ3) is 4.92. The fourth-order valence-electron chi connectivity index (χ4n) is 4.13. The highest BCUT2D eigenvalue weighted by atomic mass is 15.4. The number of nitrogen functional groups attached to an aromatic ring is 2. The Morgan fingerprint density at radius 3 is 2.45 bits per heavy atom. The molecule has 0 aliphatic carbocycles. The quantitative estimate of drug-likeness (QED) is 0.754. The molecule has 2 fully saturated rings. The zero-order chi connectivity index (χ0) is 20.2. The fourth-order valence-corrected chi connectivity index (χ4v) is 4.13. The van der Waals surface area contributed by atoms with Gasteiger partial charge in [-0.15, -0.1) is 5.10 Å². The van der Waals surface area contributed by atoms with Crippen LogP contribution in [-0.2, 0) is 0 Å². The highest BCUT2D eigenvalue weighted by Gasteiger charge is 2.26. The van der Waals surface area contributed by atoms with Gasteiger partial charge in [-0.3, -0.25) is 14.8 Å². The van der Waals surface area contributed by atoms with E-state index in [1.807, 2.05) is 12.1 Å². The number of piperidine rings is 1. The number of pyridine rings is 1. The Hall–Kier alpha value is -2.49. The molecule has 0 spiro atoms. The van der Waals surface area contributed by atoms with E-state index in [1.54, 1.807) is 6.20 Å². The molecule has 0 aromatic carbocycles. The van der Waals surface area contributed by atoms with Crippen LogP contribution in [0, 0.1) is 0 Å². The molecule has 29 heavy (non-hydrogen) atoms. The van der Waals surface area contributed by atoms with Gasteiger partial charge in [-0.1, -0.05) is 6.08 Å². The van der Waals surface area contributed by atoms with Gasteiger partial charge in [0.05, 0.1) is 17.6 Å². The predicted octanol–water partition coefficient (Wildman–Crippen LogP) is 0.552. The molecule has 2 aliphatic rings. The van der Waals surface area contributed by atoms with E-state index < -0.39 is 0 Å². The topological polar surface area (TPSA) is 105 Å². The number of rotatable bonds is 5. The second-order valence-corrected chi connectivity index (χ2v) is 7.95. The molecule has 0 radical (unpaired) electrons. The van der Waals surface area contributed by atoms with Gasteiger partial charge in [-0.25, -0.2) is 0 Å². The molecule has 0 saturated carbocycles. The Balaban J connectivity index is 1.24. The first-order valence-corrected chi connectivity index (χ1v) is 10.3. The maximum atomic E-state index is 5.79. The summed E-state index contributed by atoms with van der Waals surface area (Å²) in [5.41, 5.74) is 13.0. The van der Waals surface area contributed by atoms with Gasteiger partial charge in [0.2, 0.25) is 11.9 Å². The minimum atomic E-state index is 0.155. The maximum absolute atomic E-state index is 5.79. The van der Waals surface area contributed by atoms with E-state index >= 15 is 0 Å². The molecule has 4 N–H and O–H groups in total. The van der Waals surface area contributed by atoms with E-state index in [-0.39, 0.29) is 11.9 Å². The van der Waals surface area contributed by atoms with E-state index in [2.05, 4.69) is 49.0 Å². The van der Waals surface area contributed by atoms with Crippen LogP contribution in [0.4, 0.5) is 11.9 Å². The first-order chi connectivity index (χ1) is 14.1. The molecular weight excluding hydrogens is 366 g/mol. The van der Waals surface area contributed by atoms with E-state index in [4.69, 9.17) is 11.5 Å². The second-order valence-electron chi connectivity index (χ2n) is 7.95. The highest BCUT2D eigenvalue weighted by molar-refractivity contribution is 5.48. The lowest BCUT2D eigenvalue weighted by atomic mass is 10.0. The summed E-state index contributed by atoms with van der Waals surface area (Å²) >= 11 is 0. The van der Waals surface area contributed by atoms with Crippen LogP contribution in [0.15, 0.2) is 24.4 Å². The number of anilines is 2. The summed E-state index contributed by atoms with van der Waals surface area (Å²) in [5.74, 6) is 0.412. The second kappa shape index (κ2) is 8.89. The zero-order valence-corrected chi connectivity index (χ0v) is 17.1. The van der Waals surface area contributed by atoms with Crippen LogP contribution < -0.4 is 11.5 Å². The van der Waals surface area contributed by atoms with Gasteiger partial charge in [-0.05, 0) is 51.2 Å². The van der Waals surface area contributed by atoms with Crippen molar-refractivity contribution >= 4 is 18.0 Å². The molecule has 2 aliphatic heterocycles. The molecule has 0 amide bonds. The van der Waals surface area contributed by atoms with E-state index in [0.29, 0.717) is 0 Å². The first-order valence-electron chi connectivity index (χ1n) is 10.3. The van der Waals surface area contributed by atoms with Crippen LogP contribution in [0.2, 0.25) is 0 Å². The van der Waals surface area contributed by atoms with Crippen LogP contribution in [0.5, 0.6) is 0 Å². The lowest BCUT2D eigenvalue weighted by Crippen LogP contribution is -2.52. The predicted molar refractivity (Wildman–Crippen MR) is 116 cm³/mol. The molecule has 2 aromatic rings. The Morgan fingerprint density at radius 2 is 1.83 bits per heavy atom. The summed E-state index contributed by atoms with van der Waals surface area (Å²) < 4.78 is 1.49. The highest BCUT2D eigenvalue weighted by Crippen LogP contribution is 2.18. The van der Waals surface area contributed by atoms with Crippen molar-refractivity contribution in [3.63, 3.8) is 0 Å². The smallest absolute Gasteiger partial charge is 0.241 e. The summed E-state index contributed by atoms with van der Waals surface area (Å²) in [5, 5.41) is 4.06. The van der Waals surface area contributed by atoms with Crippen molar-refractivity contribution in [2.24, 2.45) is 0 Å². The maximum Gasteiger partial charge on any atom is 0.241 e. The molecule has 0 unspecified atom stereocenters. The minimum Gasteiger partial charge on any atom is -0.368 e. The summed E-state index contributed by atoms with van der Waals surface area (Å²) in [6.07, 6.45) is 8.53. The van der Waals surface area contributed by atoms with Crippen LogP contribution in [0.3, 0.4) is 0 Å². The summed E-state index contributed by atoms with van der Waals surface area (Å²) in [7, 11) is 2.22. The van der Waals surface area contributed by atoms with Gasteiger partial charge in [0.25, 0.3) is 0 Å². The van der Waals surface area contributed by atoms with Gasteiger partial charge in [0.1, 0.15) is 0 Å². The monoisotopic (exact) mass is 397 g/mol. The number of likely N-dealkylation sites (N-methyl/N-ethyl adjacent to an activating group) is 1. The van der Waals surface area contributed by atoms with E-state index in [1.165, 1.54) is 56.8 Å². The Kier molecular flexibility index (Phi) is 6.08. The number of piperazine rings is 1.